The van der Waals surface area contributed by atoms with Gasteiger partial charge in [0.1, 0.15) is 0 Å². The van der Waals surface area contributed by atoms with Gasteiger partial charge in [0.25, 0.3) is 0 Å². The van der Waals surface area contributed by atoms with E-state index in [4.69, 9.17) is 0 Å². The zero-order chi connectivity index (χ0) is 14.0. The summed E-state index contributed by atoms with van der Waals surface area (Å²) in [5.74, 6) is 2.91. The average Bonchev–Trinajstić information content (AvgIpc) is 3.18. The summed E-state index contributed by atoms with van der Waals surface area (Å²) in [6.45, 7) is 0. The minimum atomic E-state index is -0.600. The van der Waals surface area contributed by atoms with Crippen molar-refractivity contribution in [2.24, 2.45) is 23.7 Å². The molecule has 0 spiro atoms. The molecule has 0 radical (unpaired) electrons. The summed E-state index contributed by atoms with van der Waals surface area (Å²) >= 11 is 0. The van der Waals surface area contributed by atoms with Crippen molar-refractivity contribution in [1.82, 2.24) is 4.98 Å². The van der Waals surface area contributed by atoms with E-state index in [2.05, 4.69) is 29.2 Å². The van der Waals surface area contributed by atoms with Crippen LogP contribution in [0.2, 0.25) is 0 Å². The number of fused-ring (bicyclic) bond motifs is 6. The summed E-state index contributed by atoms with van der Waals surface area (Å²) in [6.07, 6.45) is 10.1. The van der Waals surface area contributed by atoms with Crippen LogP contribution in [0.15, 0.2) is 36.7 Å². The maximum Gasteiger partial charge on any atom is 0.0936 e. The van der Waals surface area contributed by atoms with Gasteiger partial charge in [0.2, 0.25) is 0 Å². The lowest BCUT2D eigenvalue weighted by Gasteiger charge is -2.40. The smallest absolute Gasteiger partial charge is 0.0936 e. The van der Waals surface area contributed by atoms with Crippen LogP contribution >= 0.6 is 0 Å². The Balaban J connectivity index is 1.66. The molecule has 0 saturated heterocycles. The first-order chi connectivity index (χ1) is 10.3. The Morgan fingerprint density at radius 1 is 1.14 bits per heavy atom. The van der Waals surface area contributed by atoms with E-state index >= 15 is 0 Å². The minimum Gasteiger partial charge on any atom is -0.385 e. The van der Waals surface area contributed by atoms with E-state index in [1.807, 2.05) is 12.4 Å². The summed E-state index contributed by atoms with van der Waals surface area (Å²) < 4.78 is 0. The molecule has 2 aromatic rings. The van der Waals surface area contributed by atoms with Crippen LogP contribution in [0.1, 0.15) is 37.7 Å². The van der Waals surface area contributed by atoms with E-state index in [0.29, 0.717) is 5.92 Å². The molecule has 0 aliphatic heterocycles. The van der Waals surface area contributed by atoms with Crippen molar-refractivity contribution in [3.05, 3.63) is 42.2 Å². The second-order valence-corrected chi connectivity index (χ2v) is 7.39. The lowest BCUT2D eigenvalue weighted by molar-refractivity contribution is -0.0500. The lowest BCUT2D eigenvalue weighted by Crippen LogP contribution is -2.39. The highest BCUT2D eigenvalue weighted by Crippen LogP contribution is 2.65. The van der Waals surface area contributed by atoms with Crippen LogP contribution in [0.4, 0.5) is 0 Å². The molecule has 0 amide bonds. The average molecular weight is 279 g/mol. The zero-order valence-corrected chi connectivity index (χ0v) is 12.2. The van der Waals surface area contributed by atoms with Crippen molar-refractivity contribution in [1.29, 1.82) is 0 Å². The van der Waals surface area contributed by atoms with Gasteiger partial charge in [-0.3, -0.25) is 4.98 Å². The summed E-state index contributed by atoms with van der Waals surface area (Å²) in [5, 5.41) is 13.9. The molecule has 2 heteroatoms. The van der Waals surface area contributed by atoms with Gasteiger partial charge in [0.05, 0.1) is 5.60 Å². The fourth-order valence-electron chi connectivity index (χ4n) is 5.92. The third kappa shape index (κ3) is 1.49. The van der Waals surface area contributed by atoms with Gasteiger partial charge in [0, 0.05) is 17.8 Å². The van der Waals surface area contributed by atoms with E-state index in [0.717, 1.165) is 35.1 Å². The molecule has 1 aromatic carbocycles. The van der Waals surface area contributed by atoms with Crippen molar-refractivity contribution in [2.45, 2.75) is 37.7 Å². The summed E-state index contributed by atoms with van der Waals surface area (Å²) in [6, 6.07) is 8.39. The lowest BCUT2D eigenvalue weighted by atomic mass is 9.69. The van der Waals surface area contributed by atoms with Gasteiger partial charge in [-0.2, -0.15) is 0 Å². The standard InChI is InChI=1S/C19H21NO/c21-19(10-13-9-18(19)16-5-2-4-14(13)16)17-6-1-3-12-11-20-8-7-15(12)17/h1,3,6-8,11,13-14,16,18,21H,2,4-5,9-10H2. The predicted octanol–water partition coefficient (Wildman–Crippen LogP) is 3.88. The van der Waals surface area contributed by atoms with Crippen molar-refractivity contribution in [3.8, 4) is 0 Å². The van der Waals surface area contributed by atoms with E-state index in [-0.39, 0.29) is 0 Å². The van der Waals surface area contributed by atoms with Gasteiger partial charge in [-0.05, 0) is 66.4 Å². The van der Waals surface area contributed by atoms with E-state index in [9.17, 15) is 5.11 Å². The Bertz CT molecular complexity index is 706. The van der Waals surface area contributed by atoms with Crippen LogP contribution in [0.25, 0.3) is 10.8 Å². The Labute approximate surface area is 125 Å². The van der Waals surface area contributed by atoms with E-state index in [1.165, 1.54) is 31.1 Å². The maximum atomic E-state index is 11.6. The third-order valence-electron chi connectivity index (χ3n) is 6.64. The van der Waals surface area contributed by atoms with Crippen LogP contribution in [0, 0.1) is 23.7 Å². The van der Waals surface area contributed by atoms with Crippen LogP contribution in [0.3, 0.4) is 0 Å². The van der Waals surface area contributed by atoms with Crippen molar-refractivity contribution < 1.29 is 5.11 Å². The summed E-state index contributed by atoms with van der Waals surface area (Å²) in [5.41, 5.74) is 0.553. The number of hydrogen-bond donors (Lipinski definition) is 1. The Kier molecular flexibility index (Phi) is 2.36. The molecule has 108 valence electrons. The number of nitrogens with zero attached hydrogens (tertiary/aromatic N) is 1. The number of pyridine rings is 1. The van der Waals surface area contributed by atoms with Crippen molar-refractivity contribution in [2.75, 3.05) is 0 Å². The molecule has 3 aliphatic carbocycles. The van der Waals surface area contributed by atoms with Crippen LogP contribution in [-0.4, -0.2) is 10.1 Å². The van der Waals surface area contributed by atoms with Gasteiger partial charge < -0.3 is 5.11 Å². The predicted molar refractivity (Wildman–Crippen MR) is 82.7 cm³/mol. The van der Waals surface area contributed by atoms with Gasteiger partial charge >= 0.3 is 0 Å². The second kappa shape index (κ2) is 4.07. The number of benzene rings is 1. The molecule has 1 N–H and O–H groups in total. The number of hydrogen-bond acceptors (Lipinski definition) is 2. The molecular weight excluding hydrogens is 258 g/mol. The van der Waals surface area contributed by atoms with Crippen molar-refractivity contribution >= 4 is 10.8 Å². The largest absolute Gasteiger partial charge is 0.385 e. The van der Waals surface area contributed by atoms with Gasteiger partial charge in [-0.1, -0.05) is 24.6 Å². The maximum absolute atomic E-state index is 11.6. The molecule has 5 unspecified atom stereocenters. The molecule has 21 heavy (non-hydrogen) atoms. The summed E-state index contributed by atoms with van der Waals surface area (Å²) in [7, 11) is 0. The highest BCUT2D eigenvalue weighted by molar-refractivity contribution is 5.85. The molecule has 2 nitrogen and oxygen atoms in total. The van der Waals surface area contributed by atoms with Crippen LogP contribution in [-0.2, 0) is 5.60 Å². The fraction of sp³-hybridized carbons (Fsp3) is 0.526. The van der Waals surface area contributed by atoms with Crippen molar-refractivity contribution in [3.63, 3.8) is 0 Å². The highest BCUT2D eigenvalue weighted by atomic mass is 16.3. The molecule has 1 aromatic heterocycles. The molecule has 3 fully saturated rings. The number of rotatable bonds is 1. The SMILES string of the molecule is OC1(c2cccc3cnccc23)CC2CC1C1CCCC21. The third-order valence-corrected chi connectivity index (χ3v) is 6.64. The topological polar surface area (TPSA) is 33.1 Å². The first kappa shape index (κ1) is 12.2. The van der Waals surface area contributed by atoms with Gasteiger partial charge in [0.15, 0.2) is 0 Å². The monoisotopic (exact) mass is 279 g/mol. The van der Waals surface area contributed by atoms with Gasteiger partial charge in [-0.25, -0.2) is 0 Å². The number of aromatic nitrogens is 1. The Morgan fingerprint density at radius 2 is 2.05 bits per heavy atom. The first-order valence-corrected chi connectivity index (χ1v) is 8.33. The van der Waals surface area contributed by atoms with Gasteiger partial charge in [-0.15, -0.1) is 0 Å². The number of aliphatic hydroxyl groups is 1. The Hall–Kier alpha value is -1.41. The molecular formula is C19H21NO. The zero-order valence-electron chi connectivity index (χ0n) is 12.2. The quantitative estimate of drug-likeness (QED) is 0.859. The first-order valence-electron chi connectivity index (χ1n) is 8.33. The molecule has 5 atom stereocenters. The minimum absolute atomic E-state index is 0.480. The molecule has 5 rings (SSSR count). The van der Waals surface area contributed by atoms with E-state index < -0.39 is 5.60 Å². The molecule has 1 heterocycles. The fourth-order valence-corrected chi connectivity index (χ4v) is 5.92. The van der Waals surface area contributed by atoms with Crippen LogP contribution < -0.4 is 0 Å². The van der Waals surface area contributed by atoms with E-state index in [1.54, 1.807) is 0 Å². The second-order valence-electron chi connectivity index (χ2n) is 7.39. The molecule has 3 saturated carbocycles. The normalized spacial score (nSPS) is 40.8. The highest BCUT2D eigenvalue weighted by Gasteiger charge is 2.61. The molecule has 3 aliphatic rings. The summed E-state index contributed by atoms with van der Waals surface area (Å²) in [4.78, 5) is 4.22. The molecule has 2 bridgehead atoms. The Morgan fingerprint density at radius 3 is 3.00 bits per heavy atom. The van der Waals surface area contributed by atoms with Crippen LogP contribution in [0.5, 0.6) is 0 Å².